The van der Waals surface area contributed by atoms with E-state index in [9.17, 15) is 22.7 Å². The van der Waals surface area contributed by atoms with Crippen LogP contribution in [0.1, 0.15) is 25.8 Å². The molecular weight excluding hydrogens is 365 g/mol. The first-order valence-electron chi connectivity index (χ1n) is 8.44. The molecule has 0 aliphatic carbocycles. The number of phenolic OH excluding ortho intramolecular Hbond substituents is 1. The van der Waals surface area contributed by atoms with Crippen molar-refractivity contribution in [2.45, 2.75) is 32.8 Å². The predicted octanol–water partition coefficient (Wildman–Crippen LogP) is 0.652. The number of carbonyl (C=O) groups is 1. The zero-order valence-electron chi connectivity index (χ0n) is 14.6. The fraction of sp³-hybridized carbons (Fsp3) is 0.562. The molecule has 8 nitrogen and oxygen atoms in total. The van der Waals surface area contributed by atoms with Crippen molar-refractivity contribution in [2.75, 3.05) is 23.9 Å². The minimum Gasteiger partial charge on any atom is -0.505 e. The maximum absolute atomic E-state index is 14.9. The lowest BCUT2D eigenvalue weighted by molar-refractivity contribution is -0.117. The molecule has 26 heavy (non-hydrogen) atoms. The summed E-state index contributed by atoms with van der Waals surface area (Å²) in [5.41, 5.74) is -0.331. The number of nitrogens with zero attached hydrogens (tertiary/aromatic N) is 1. The fourth-order valence-corrected chi connectivity index (χ4v) is 4.20. The summed E-state index contributed by atoms with van der Waals surface area (Å²) in [5, 5.41) is 13.4. The number of phenols is 1. The van der Waals surface area contributed by atoms with E-state index in [0.717, 1.165) is 13.0 Å². The van der Waals surface area contributed by atoms with Gasteiger partial charge in [0.15, 0.2) is 5.82 Å². The molecule has 1 aromatic rings. The number of rotatable bonds is 6. The third-order valence-corrected chi connectivity index (χ3v) is 5.72. The minimum atomic E-state index is -4.21. The first-order valence-corrected chi connectivity index (χ1v) is 9.88. The summed E-state index contributed by atoms with van der Waals surface area (Å²) < 4.78 is 46.8. The molecule has 2 aliphatic rings. The summed E-state index contributed by atoms with van der Waals surface area (Å²) >= 11 is 0. The van der Waals surface area contributed by atoms with Crippen molar-refractivity contribution < 1.29 is 27.4 Å². The molecule has 0 unspecified atom stereocenters. The van der Waals surface area contributed by atoms with Crippen LogP contribution in [-0.4, -0.2) is 45.2 Å². The smallest absolute Gasteiger partial charge is 0.326 e. The van der Waals surface area contributed by atoms with Crippen LogP contribution in [0.3, 0.4) is 0 Å². The van der Waals surface area contributed by atoms with Gasteiger partial charge in [-0.05, 0) is 18.9 Å². The zero-order chi connectivity index (χ0) is 19.1. The number of fused-ring (bicyclic) bond motifs is 1. The van der Waals surface area contributed by atoms with Crippen LogP contribution in [0.25, 0.3) is 0 Å². The Kier molecular flexibility index (Phi) is 4.98. The number of aromatic hydroxyl groups is 1. The second-order valence-corrected chi connectivity index (χ2v) is 8.50. The van der Waals surface area contributed by atoms with Gasteiger partial charge in [-0.15, -0.1) is 0 Å². The molecule has 0 saturated carbocycles. The first kappa shape index (κ1) is 18.7. The molecule has 1 fully saturated rings. The number of nitrogens with one attached hydrogen (secondary N) is 2. The predicted molar refractivity (Wildman–Crippen MR) is 92.9 cm³/mol. The van der Waals surface area contributed by atoms with Gasteiger partial charge in [-0.25, -0.2) is 13.4 Å². The van der Waals surface area contributed by atoms with Crippen molar-refractivity contribution in [3.63, 3.8) is 0 Å². The second-order valence-electron chi connectivity index (χ2n) is 6.90. The Labute approximate surface area is 151 Å². The number of hydrogen-bond acceptors (Lipinski definition) is 6. The number of hydrogen-bond donors (Lipinski definition) is 3. The van der Waals surface area contributed by atoms with Crippen LogP contribution in [-0.2, 0) is 21.4 Å². The van der Waals surface area contributed by atoms with Gasteiger partial charge in [0.05, 0.1) is 0 Å². The molecule has 10 heteroatoms. The monoisotopic (exact) mass is 387 g/mol. The van der Waals surface area contributed by atoms with Gasteiger partial charge in [0.2, 0.25) is 0 Å². The van der Waals surface area contributed by atoms with Crippen molar-refractivity contribution in [1.82, 2.24) is 10.0 Å². The Hall–Kier alpha value is -2.07. The summed E-state index contributed by atoms with van der Waals surface area (Å²) in [5.74, 6) is -1.50. The van der Waals surface area contributed by atoms with Crippen LogP contribution in [0, 0.1) is 11.7 Å². The van der Waals surface area contributed by atoms with E-state index in [-0.39, 0.29) is 23.8 Å². The third-order valence-electron chi connectivity index (χ3n) is 4.35. The molecule has 0 spiro atoms. The lowest BCUT2D eigenvalue weighted by Crippen LogP contribution is -2.31. The van der Waals surface area contributed by atoms with Gasteiger partial charge in [0.25, 0.3) is 5.91 Å². The lowest BCUT2D eigenvalue weighted by Gasteiger charge is -2.18. The molecule has 1 aromatic carbocycles. The Morgan fingerprint density at radius 3 is 2.85 bits per heavy atom. The molecule has 144 valence electrons. The normalized spacial score (nSPS) is 21.0. The highest BCUT2D eigenvalue weighted by Crippen LogP contribution is 2.43. The van der Waals surface area contributed by atoms with E-state index in [0.29, 0.717) is 16.8 Å². The Morgan fingerprint density at radius 2 is 2.23 bits per heavy atom. The van der Waals surface area contributed by atoms with Crippen molar-refractivity contribution >= 4 is 21.8 Å². The van der Waals surface area contributed by atoms with Gasteiger partial charge >= 0.3 is 10.2 Å². The van der Waals surface area contributed by atoms with Gasteiger partial charge in [-0.2, -0.15) is 8.42 Å². The Bertz CT molecular complexity index is 828. The van der Waals surface area contributed by atoms with Gasteiger partial charge < -0.3 is 15.2 Å². The summed E-state index contributed by atoms with van der Waals surface area (Å²) in [6, 6.07) is 1.19. The number of benzene rings is 1. The highest BCUT2D eigenvalue weighted by molar-refractivity contribution is 7.92. The average molecular weight is 387 g/mol. The molecule has 1 atom stereocenters. The molecule has 1 amide bonds. The van der Waals surface area contributed by atoms with Gasteiger partial charge in [0, 0.05) is 24.6 Å². The third kappa shape index (κ3) is 3.56. The topological polar surface area (TPSA) is 108 Å². The quantitative estimate of drug-likeness (QED) is 0.619. The van der Waals surface area contributed by atoms with E-state index in [1.54, 1.807) is 4.72 Å². The van der Waals surface area contributed by atoms with Gasteiger partial charge in [-0.3, -0.25) is 4.79 Å². The maximum atomic E-state index is 14.9. The van der Waals surface area contributed by atoms with E-state index in [4.69, 9.17) is 4.74 Å². The zero-order valence-corrected chi connectivity index (χ0v) is 15.4. The standard InChI is InChI=1S/C16H22FN3O5S/c1-9(2)3-4-18-7-10-5-11-13(25-10)6-12(21)16(15(11)17)20-8-14(22)19-26(20,23)24/h6,9-10,18,21H,3-5,7-8H2,1-2H3,(H,19,22)/t10-/m1/s1. The van der Waals surface area contributed by atoms with E-state index >= 15 is 0 Å². The van der Waals surface area contributed by atoms with Crippen LogP contribution in [0.5, 0.6) is 11.5 Å². The first-order chi connectivity index (χ1) is 12.2. The molecule has 2 aliphatic heterocycles. The van der Waals surface area contributed by atoms with Crippen molar-refractivity contribution in [1.29, 1.82) is 0 Å². The molecule has 3 N–H and O–H groups in total. The summed E-state index contributed by atoms with van der Waals surface area (Å²) in [6.45, 7) is 4.99. The molecule has 3 rings (SSSR count). The SMILES string of the molecule is CC(C)CCNC[C@H]1Cc2c(cc(O)c(N3CC(=O)NS3(=O)=O)c2F)O1. The second kappa shape index (κ2) is 6.92. The molecular formula is C16H22FN3O5S. The van der Waals surface area contributed by atoms with Crippen LogP contribution in [0.2, 0.25) is 0 Å². The van der Waals surface area contributed by atoms with Crippen LogP contribution < -0.4 is 19.1 Å². The largest absolute Gasteiger partial charge is 0.505 e. The molecule has 2 heterocycles. The Morgan fingerprint density at radius 1 is 1.50 bits per heavy atom. The summed E-state index contributed by atoms with van der Waals surface area (Å²) in [7, 11) is -4.21. The average Bonchev–Trinajstić information content (AvgIpc) is 3.04. The Balaban J connectivity index is 1.78. The number of halogens is 1. The molecule has 0 aromatic heterocycles. The van der Waals surface area contributed by atoms with E-state index < -0.39 is 39.9 Å². The fourth-order valence-electron chi connectivity index (χ4n) is 3.04. The highest BCUT2D eigenvalue weighted by Gasteiger charge is 2.40. The maximum Gasteiger partial charge on any atom is 0.326 e. The van der Waals surface area contributed by atoms with E-state index in [2.05, 4.69) is 19.2 Å². The number of amides is 1. The number of carbonyl (C=O) groups excluding carboxylic acids is 1. The molecule has 1 saturated heterocycles. The summed E-state index contributed by atoms with van der Waals surface area (Å²) in [4.78, 5) is 11.4. The number of anilines is 1. The number of ether oxygens (including phenoxy) is 1. The van der Waals surface area contributed by atoms with E-state index in [1.165, 1.54) is 6.07 Å². The molecule has 0 radical (unpaired) electrons. The van der Waals surface area contributed by atoms with Crippen molar-refractivity contribution in [3.8, 4) is 11.5 Å². The summed E-state index contributed by atoms with van der Waals surface area (Å²) in [6.07, 6.45) is 0.946. The van der Waals surface area contributed by atoms with Crippen LogP contribution in [0.4, 0.5) is 10.1 Å². The van der Waals surface area contributed by atoms with Crippen LogP contribution in [0.15, 0.2) is 6.07 Å². The highest BCUT2D eigenvalue weighted by atomic mass is 32.2. The van der Waals surface area contributed by atoms with Crippen molar-refractivity contribution in [3.05, 3.63) is 17.4 Å². The lowest BCUT2D eigenvalue weighted by atomic mass is 10.1. The van der Waals surface area contributed by atoms with Gasteiger partial charge in [-0.1, -0.05) is 13.8 Å². The molecule has 0 bridgehead atoms. The van der Waals surface area contributed by atoms with Gasteiger partial charge in [0.1, 0.15) is 29.8 Å². The van der Waals surface area contributed by atoms with E-state index in [1.807, 2.05) is 0 Å². The minimum absolute atomic E-state index is 0.190. The van der Waals surface area contributed by atoms with Crippen LogP contribution >= 0.6 is 0 Å². The van der Waals surface area contributed by atoms with Crippen molar-refractivity contribution in [2.24, 2.45) is 5.92 Å².